The van der Waals surface area contributed by atoms with E-state index >= 15 is 0 Å². The van der Waals surface area contributed by atoms with Gasteiger partial charge in [-0.2, -0.15) is 0 Å². The molecule has 1 saturated heterocycles. The van der Waals surface area contributed by atoms with Crippen molar-refractivity contribution in [2.24, 2.45) is 0 Å². The van der Waals surface area contributed by atoms with Crippen LogP contribution < -0.4 is 10.2 Å². The Morgan fingerprint density at radius 3 is 3.00 bits per heavy atom. The number of pyridine rings is 1. The normalized spacial score (nSPS) is 19.5. The number of nitrogens with zero attached hydrogens (tertiary/aromatic N) is 3. The summed E-state index contributed by atoms with van der Waals surface area (Å²) in [5.41, 5.74) is 3.68. The molecule has 0 aliphatic carbocycles. The van der Waals surface area contributed by atoms with E-state index in [0.717, 1.165) is 25.3 Å². The molecule has 2 rings (SSSR count). The first-order valence-electron chi connectivity index (χ1n) is 7.71. The molecule has 0 saturated carbocycles. The summed E-state index contributed by atoms with van der Waals surface area (Å²) < 4.78 is 0. The topological polar surface area (TPSA) is 31.4 Å². The predicted octanol–water partition coefficient (Wildman–Crippen LogP) is 2.03. The van der Waals surface area contributed by atoms with Gasteiger partial charge in [0, 0.05) is 49.3 Å². The summed E-state index contributed by atoms with van der Waals surface area (Å²) in [5.74, 6) is 0. The number of nitrogens with one attached hydrogen (secondary N) is 1. The van der Waals surface area contributed by atoms with Gasteiger partial charge in [-0.05, 0) is 46.0 Å². The number of likely N-dealkylation sites (N-methyl/N-ethyl adjacent to an activating group) is 2. The molecule has 1 aromatic heterocycles. The lowest BCUT2D eigenvalue weighted by Gasteiger charge is -2.30. The summed E-state index contributed by atoms with van der Waals surface area (Å²) in [6.07, 6.45) is 4.67. The van der Waals surface area contributed by atoms with E-state index in [1.807, 2.05) is 13.2 Å². The molecule has 0 amide bonds. The van der Waals surface area contributed by atoms with Crippen molar-refractivity contribution in [3.63, 3.8) is 0 Å². The molecule has 1 aromatic rings. The minimum absolute atomic E-state index is 0.695. The van der Waals surface area contributed by atoms with E-state index in [4.69, 9.17) is 0 Å². The molecule has 1 atom stereocenters. The summed E-state index contributed by atoms with van der Waals surface area (Å²) in [6, 6.07) is 2.90. The molecule has 0 aromatic carbocycles. The van der Waals surface area contributed by atoms with Crippen molar-refractivity contribution in [2.75, 3.05) is 38.6 Å². The van der Waals surface area contributed by atoms with Gasteiger partial charge in [-0.3, -0.25) is 9.88 Å². The number of anilines is 1. The lowest BCUT2D eigenvalue weighted by Crippen LogP contribution is -2.39. The van der Waals surface area contributed by atoms with E-state index in [9.17, 15) is 0 Å². The van der Waals surface area contributed by atoms with Crippen LogP contribution in [0.4, 0.5) is 5.69 Å². The number of likely N-dealkylation sites (tertiary alicyclic amines) is 1. The molecule has 2 heterocycles. The Labute approximate surface area is 123 Å². The number of rotatable bonds is 6. The first-order valence-corrected chi connectivity index (χ1v) is 7.71. The lowest BCUT2D eigenvalue weighted by molar-refractivity contribution is 0.270. The Kier molecular flexibility index (Phi) is 5.38. The van der Waals surface area contributed by atoms with E-state index < -0.39 is 0 Å². The second-order valence-corrected chi connectivity index (χ2v) is 5.79. The van der Waals surface area contributed by atoms with Gasteiger partial charge in [0.15, 0.2) is 0 Å². The third-order valence-corrected chi connectivity index (χ3v) is 4.27. The fourth-order valence-electron chi connectivity index (χ4n) is 3.19. The zero-order valence-electron chi connectivity index (χ0n) is 13.3. The van der Waals surface area contributed by atoms with Crippen molar-refractivity contribution in [2.45, 2.75) is 39.3 Å². The summed E-state index contributed by atoms with van der Waals surface area (Å²) in [7, 11) is 4.19. The SMILES string of the molecule is CCN1CCCC1CN(C)c1cc(C)ncc1CNC. The minimum atomic E-state index is 0.695. The van der Waals surface area contributed by atoms with Gasteiger partial charge in [0.05, 0.1) is 0 Å². The van der Waals surface area contributed by atoms with Crippen molar-refractivity contribution < 1.29 is 0 Å². The third-order valence-electron chi connectivity index (χ3n) is 4.27. The van der Waals surface area contributed by atoms with Crippen molar-refractivity contribution >= 4 is 5.69 Å². The maximum Gasteiger partial charge on any atom is 0.0443 e. The monoisotopic (exact) mass is 276 g/mol. The van der Waals surface area contributed by atoms with Crippen LogP contribution in [0.15, 0.2) is 12.3 Å². The second-order valence-electron chi connectivity index (χ2n) is 5.79. The predicted molar refractivity (Wildman–Crippen MR) is 85.3 cm³/mol. The van der Waals surface area contributed by atoms with Gasteiger partial charge in [0.25, 0.3) is 0 Å². The van der Waals surface area contributed by atoms with E-state index in [1.54, 1.807) is 0 Å². The van der Waals surface area contributed by atoms with E-state index in [1.165, 1.54) is 30.6 Å². The first-order chi connectivity index (χ1) is 9.65. The maximum absolute atomic E-state index is 4.43. The molecule has 1 aliphatic rings. The molecule has 4 heteroatoms. The van der Waals surface area contributed by atoms with Crippen LogP contribution in [0.1, 0.15) is 31.0 Å². The Balaban J connectivity index is 2.11. The number of hydrogen-bond donors (Lipinski definition) is 1. The largest absolute Gasteiger partial charge is 0.373 e. The quantitative estimate of drug-likeness (QED) is 0.861. The molecule has 1 fully saturated rings. The fraction of sp³-hybridized carbons (Fsp3) is 0.688. The molecule has 20 heavy (non-hydrogen) atoms. The Bertz CT molecular complexity index is 432. The van der Waals surface area contributed by atoms with E-state index in [0.29, 0.717) is 6.04 Å². The van der Waals surface area contributed by atoms with E-state index in [2.05, 4.69) is 47.1 Å². The van der Waals surface area contributed by atoms with Crippen LogP contribution in [0, 0.1) is 6.92 Å². The Morgan fingerprint density at radius 2 is 2.30 bits per heavy atom. The van der Waals surface area contributed by atoms with Crippen LogP contribution in [0.2, 0.25) is 0 Å². The number of aryl methyl sites for hydroxylation is 1. The highest BCUT2D eigenvalue weighted by Crippen LogP contribution is 2.23. The van der Waals surface area contributed by atoms with Crippen LogP contribution in [0.3, 0.4) is 0 Å². The zero-order chi connectivity index (χ0) is 14.5. The minimum Gasteiger partial charge on any atom is -0.373 e. The molecule has 1 aliphatic heterocycles. The van der Waals surface area contributed by atoms with E-state index in [-0.39, 0.29) is 0 Å². The average molecular weight is 276 g/mol. The fourth-order valence-corrected chi connectivity index (χ4v) is 3.19. The van der Waals surface area contributed by atoms with Gasteiger partial charge in [-0.25, -0.2) is 0 Å². The maximum atomic E-state index is 4.43. The molecule has 1 unspecified atom stereocenters. The second kappa shape index (κ2) is 7.04. The summed E-state index contributed by atoms with van der Waals surface area (Å²) in [5, 5.41) is 3.24. The van der Waals surface area contributed by atoms with Gasteiger partial charge in [-0.1, -0.05) is 6.92 Å². The highest BCUT2D eigenvalue weighted by molar-refractivity contribution is 5.53. The highest BCUT2D eigenvalue weighted by Gasteiger charge is 2.24. The molecular formula is C16H28N4. The lowest BCUT2D eigenvalue weighted by atomic mass is 10.1. The van der Waals surface area contributed by atoms with Gasteiger partial charge in [-0.15, -0.1) is 0 Å². The molecule has 4 nitrogen and oxygen atoms in total. The molecule has 112 valence electrons. The standard InChI is InChI=1S/C16H28N4/c1-5-20-8-6-7-15(20)12-19(4)16-9-13(2)18-11-14(16)10-17-3/h9,11,15,17H,5-8,10,12H2,1-4H3. The Hall–Kier alpha value is -1.13. The van der Waals surface area contributed by atoms with Crippen molar-refractivity contribution in [3.8, 4) is 0 Å². The molecular weight excluding hydrogens is 248 g/mol. The van der Waals surface area contributed by atoms with Crippen LogP contribution >= 0.6 is 0 Å². The van der Waals surface area contributed by atoms with Crippen molar-refractivity contribution in [1.29, 1.82) is 0 Å². The van der Waals surface area contributed by atoms with Gasteiger partial charge in [0.2, 0.25) is 0 Å². The summed E-state index contributed by atoms with van der Waals surface area (Å²) in [6.45, 7) is 8.73. The van der Waals surface area contributed by atoms with Crippen LogP contribution in [-0.2, 0) is 6.54 Å². The first kappa shape index (κ1) is 15.3. The summed E-state index contributed by atoms with van der Waals surface area (Å²) in [4.78, 5) is 9.43. The van der Waals surface area contributed by atoms with Gasteiger partial charge < -0.3 is 10.2 Å². The number of hydrogen-bond acceptors (Lipinski definition) is 4. The third kappa shape index (κ3) is 3.49. The van der Waals surface area contributed by atoms with Crippen molar-refractivity contribution in [3.05, 3.63) is 23.5 Å². The van der Waals surface area contributed by atoms with Crippen LogP contribution in [-0.4, -0.2) is 49.7 Å². The molecule has 0 radical (unpaired) electrons. The molecule has 1 N–H and O–H groups in total. The Morgan fingerprint density at radius 1 is 1.50 bits per heavy atom. The summed E-state index contributed by atoms with van der Waals surface area (Å²) >= 11 is 0. The number of aromatic nitrogens is 1. The average Bonchev–Trinajstić information content (AvgIpc) is 2.88. The van der Waals surface area contributed by atoms with Crippen molar-refractivity contribution in [1.82, 2.24) is 15.2 Å². The smallest absolute Gasteiger partial charge is 0.0443 e. The molecule has 0 spiro atoms. The highest BCUT2D eigenvalue weighted by atomic mass is 15.2. The van der Waals surface area contributed by atoms with Crippen LogP contribution in [0.25, 0.3) is 0 Å². The van der Waals surface area contributed by atoms with Gasteiger partial charge >= 0.3 is 0 Å². The van der Waals surface area contributed by atoms with Gasteiger partial charge in [0.1, 0.15) is 0 Å². The zero-order valence-corrected chi connectivity index (χ0v) is 13.3. The van der Waals surface area contributed by atoms with Crippen LogP contribution in [0.5, 0.6) is 0 Å². The molecule has 0 bridgehead atoms.